The third-order valence-corrected chi connectivity index (χ3v) is 4.47. The lowest BCUT2D eigenvalue weighted by Crippen LogP contribution is -2.33. The highest BCUT2D eigenvalue weighted by molar-refractivity contribution is 5.30. The number of ether oxygens (including phenoxy) is 1. The molecule has 2 heterocycles. The summed E-state index contributed by atoms with van der Waals surface area (Å²) in [5, 5.41) is 0. The van der Waals surface area contributed by atoms with Gasteiger partial charge in [-0.25, -0.2) is 4.98 Å². The van der Waals surface area contributed by atoms with Crippen LogP contribution < -0.4 is 4.74 Å². The number of methoxy groups -OCH3 is 1. The second-order valence-corrected chi connectivity index (χ2v) is 6.06. The second-order valence-electron chi connectivity index (χ2n) is 6.06. The zero-order valence-electron chi connectivity index (χ0n) is 13.5. The normalized spacial score (nSPS) is 19.1. The first-order valence-corrected chi connectivity index (χ1v) is 8.06. The van der Waals surface area contributed by atoms with E-state index in [0.717, 1.165) is 24.5 Å². The summed E-state index contributed by atoms with van der Waals surface area (Å²) in [5.74, 6) is 0.731. The first-order valence-electron chi connectivity index (χ1n) is 8.06. The van der Waals surface area contributed by atoms with Gasteiger partial charge in [0.2, 0.25) is 5.88 Å². The quantitative estimate of drug-likeness (QED) is 0.848. The molecule has 1 aromatic carbocycles. The predicted octanol–water partition coefficient (Wildman–Crippen LogP) is 4.13. The first kappa shape index (κ1) is 15.0. The number of piperidine rings is 1. The number of hydrogen-bond donors (Lipinski definition) is 0. The first-order chi connectivity index (χ1) is 10.8. The molecule has 0 N–H and O–H groups in total. The third kappa shape index (κ3) is 3.30. The summed E-state index contributed by atoms with van der Waals surface area (Å²) >= 11 is 0. The molecule has 3 heteroatoms. The van der Waals surface area contributed by atoms with E-state index in [-0.39, 0.29) is 0 Å². The number of hydrogen-bond acceptors (Lipinski definition) is 3. The van der Waals surface area contributed by atoms with Crippen molar-refractivity contribution in [3.8, 4) is 5.88 Å². The van der Waals surface area contributed by atoms with Crippen LogP contribution in [0.5, 0.6) is 5.88 Å². The number of aryl methyl sites for hydroxylation is 1. The van der Waals surface area contributed by atoms with Gasteiger partial charge in [0.15, 0.2) is 0 Å². The molecule has 1 aliphatic heterocycles. The molecule has 22 heavy (non-hydrogen) atoms. The Morgan fingerprint density at radius 1 is 1.23 bits per heavy atom. The highest BCUT2D eigenvalue weighted by atomic mass is 16.5. The fourth-order valence-corrected chi connectivity index (χ4v) is 3.36. The van der Waals surface area contributed by atoms with Crippen LogP contribution in [0.25, 0.3) is 0 Å². The van der Waals surface area contributed by atoms with Gasteiger partial charge in [0.05, 0.1) is 7.11 Å². The van der Waals surface area contributed by atoms with Gasteiger partial charge < -0.3 is 4.74 Å². The highest BCUT2D eigenvalue weighted by Gasteiger charge is 2.24. The summed E-state index contributed by atoms with van der Waals surface area (Å²) in [4.78, 5) is 7.05. The Kier molecular flexibility index (Phi) is 4.74. The van der Waals surface area contributed by atoms with Gasteiger partial charge in [-0.05, 0) is 43.5 Å². The topological polar surface area (TPSA) is 25.4 Å². The largest absolute Gasteiger partial charge is 0.481 e. The Bertz CT molecular complexity index is 612. The molecule has 1 saturated heterocycles. The molecule has 3 nitrogen and oxygen atoms in total. The van der Waals surface area contributed by atoms with Crippen LogP contribution in [0, 0.1) is 6.92 Å². The molecule has 0 saturated carbocycles. The Morgan fingerprint density at radius 3 is 2.77 bits per heavy atom. The van der Waals surface area contributed by atoms with Gasteiger partial charge in [-0.3, -0.25) is 4.90 Å². The van der Waals surface area contributed by atoms with Crippen molar-refractivity contribution in [2.75, 3.05) is 13.7 Å². The molecular formula is C19H24N2O. The molecule has 0 bridgehead atoms. The molecule has 1 aliphatic rings. The van der Waals surface area contributed by atoms with Gasteiger partial charge in [0.1, 0.15) is 0 Å². The lowest BCUT2D eigenvalue weighted by Gasteiger charge is -2.36. The van der Waals surface area contributed by atoms with E-state index in [9.17, 15) is 0 Å². The third-order valence-electron chi connectivity index (χ3n) is 4.47. The van der Waals surface area contributed by atoms with Gasteiger partial charge in [-0.1, -0.05) is 36.8 Å². The maximum atomic E-state index is 5.29. The molecule has 0 amide bonds. The monoisotopic (exact) mass is 296 g/mol. The second kappa shape index (κ2) is 6.93. The number of likely N-dealkylation sites (tertiary alicyclic amines) is 1. The van der Waals surface area contributed by atoms with Gasteiger partial charge in [0.25, 0.3) is 0 Å². The zero-order chi connectivity index (χ0) is 15.4. The van der Waals surface area contributed by atoms with E-state index in [1.165, 1.54) is 30.4 Å². The van der Waals surface area contributed by atoms with Crippen LogP contribution in [0.4, 0.5) is 0 Å². The molecule has 116 valence electrons. The van der Waals surface area contributed by atoms with Gasteiger partial charge in [-0.15, -0.1) is 0 Å². The number of benzene rings is 1. The molecule has 0 radical (unpaired) electrons. The minimum absolute atomic E-state index is 0.464. The zero-order valence-corrected chi connectivity index (χ0v) is 13.5. The number of aromatic nitrogens is 1. The Morgan fingerprint density at radius 2 is 2.05 bits per heavy atom. The average Bonchev–Trinajstić information content (AvgIpc) is 2.56. The van der Waals surface area contributed by atoms with Crippen molar-refractivity contribution < 1.29 is 4.74 Å². The van der Waals surface area contributed by atoms with Crippen LogP contribution in [0.1, 0.15) is 42.0 Å². The molecule has 1 aromatic heterocycles. The smallest absolute Gasteiger partial charge is 0.215 e. The van der Waals surface area contributed by atoms with Crippen LogP contribution in [0.2, 0.25) is 0 Å². The predicted molar refractivity (Wildman–Crippen MR) is 89.0 cm³/mol. The van der Waals surface area contributed by atoms with E-state index in [2.05, 4.69) is 53.2 Å². The maximum absolute atomic E-state index is 5.29. The number of rotatable bonds is 4. The van der Waals surface area contributed by atoms with Crippen molar-refractivity contribution in [1.29, 1.82) is 0 Å². The van der Waals surface area contributed by atoms with Crippen LogP contribution in [-0.4, -0.2) is 23.5 Å². The summed E-state index contributed by atoms with van der Waals surface area (Å²) in [6.07, 6.45) is 5.77. The van der Waals surface area contributed by atoms with Gasteiger partial charge in [-0.2, -0.15) is 0 Å². The highest BCUT2D eigenvalue weighted by Crippen LogP contribution is 2.33. The number of pyridine rings is 1. The number of nitrogens with zero attached hydrogens (tertiary/aromatic N) is 2. The van der Waals surface area contributed by atoms with Gasteiger partial charge in [0, 0.05) is 24.3 Å². The van der Waals surface area contributed by atoms with Crippen LogP contribution in [-0.2, 0) is 6.54 Å². The Balaban J connectivity index is 1.81. The van der Waals surface area contributed by atoms with E-state index < -0.39 is 0 Å². The van der Waals surface area contributed by atoms with Crippen molar-refractivity contribution >= 4 is 0 Å². The minimum atomic E-state index is 0.464. The summed E-state index contributed by atoms with van der Waals surface area (Å²) in [5.41, 5.74) is 3.81. The van der Waals surface area contributed by atoms with Crippen LogP contribution in [0.15, 0.2) is 42.6 Å². The lowest BCUT2D eigenvalue weighted by molar-refractivity contribution is 0.140. The van der Waals surface area contributed by atoms with E-state index in [1.54, 1.807) is 7.11 Å². The fourth-order valence-electron chi connectivity index (χ4n) is 3.36. The standard InChI is InChI=1S/C19H24N2O/c1-15-12-17(13-20-19(15)22-2)18-10-6-7-11-21(18)14-16-8-4-3-5-9-16/h3-5,8-9,12-13,18H,6-7,10-11,14H2,1-2H3/t18-/m1/s1. The minimum Gasteiger partial charge on any atom is -0.481 e. The van der Waals surface area contributed by atoms with Gasteiger partial charge >= 0.3 is 0 Å². The van der Waals surface area contributed by atoms with Crippen molar-refractivity contribution in [3.05, 3.63) is 59.3 Å². The van der Waals surface area contributed by atoms with Crippen molar-refractivity contribution in [3.63, 3.8) is 0 Å². The van der Waals surface area contributed by atoms with E-state index in [0.29, 0.717) is 6.04 Å². The summed E-state index contributed by atoms with van der Waals surface area (Å²) < 4.78 is 5.29. The van der Waals surface area contributed by atoms with E-state index in [1.807, 2.05) is 6.20 Å². The molecule has 1 fully saturated rings. The van der Waals surface area contributed by atoms with E-state index in [4.69, 9.17) is 4.74 Å². The molecule has 3 rings (SSSR count). The van der Waals surface area contributed by atoms with Crippen LogP contribution in [0.3, 0.4) is 0 Å². The van der Waals surface area contributed by atoms with Crippen LogP contribution >= 0.6 is 0 Å². The maximum Gasteiger partial charge on any atom is 0.215 e. The molecule has 1 atom stereocenters. The van der Waals surface area contributed by atoms with Crippen molar-refractivity contribution in [2.45, 2.75) is 38.8 Å². The molecule has 0 unspecified atom stereocenters. The SMILES string of the molecule is COc1ncc([C@H]2CCCCN2Cc2ccccc2)cc1C. The van der Waals surface area contributed by atoms with E-state index >= 15 is 0 Å². The van der Waals surface area contributed by atoms with Crippen molar-refractivity contribution in [1.82, 2.24) is 9.88 Å². The molecule has 2 aromatic rings. The molecule has 0 aliphatic carbocycles. The molecular weight excluding hydrogens is 272 g/mol. The summed E-state index contributed by atoms with van der Waals surface area (Å²) in [7, 11) is 1.68. The Labute approximate surface area is 132 Å². The molecule has 0 spiro atoms. The lowest BCUT2D eigenvalue weighted by atomic mass is 9.95. The summed E-state index contributed by atoms with van der Waals surface area (Å²) in [6.45, 7) is 4.24. The average molecular weight is 296 g/mol. The summed E-state index contributed by atoms with van der Waals surface area (Å²) in [6, 6.07) is 13.4. The fraction of sp³-hybridized carbons (Fsp3) is 0.421. The van der Waals surface area contributed by atoms with Crippen molar-refractivity contribution in [2.24, 2.45) is 0 Å². The Hall–Kier alpha value is -1.87.